The lowest BCUT2D eigenvalue weighted by atomic mass is 10.1. The molecule has 0 unspecified atom stereocenters. The van der Waals surface area contributed by atoms with Crippen molar-refractivity contribution in [2.24, 2.45) is 5.92 Å². The van der Waals surface area contributed by atoms with Crippen LogP contribution in [0, 0.1) is 5.92 Å². The van der Waals surface area contributed by atoms with Gasteiger partial charge < -0.3 is 19.1 Å². The van der Waals surface area contributed by atoms with Gasteiger partial charge in [-0.05, 0) is 38.0 Å². The van der Waals surface area contributed by atoms with Crippen LogP contribution in [0.15, 0.2) is 18.2 Å². The molecule has 1 aromatic carbocycles. The zero-order chi connectivity index (χ0) is 17.4. The lowest BCUT2D eigenvalue weighted by molar-refractivity contribution is 0.0672. The van der Waals surface area contributed by atoms with Gasteiger partial charge in [0.05, 0.1) is 19.8 Å². The first-order valence-electron chi connectivity index (χ1n) is 8.01. The summed E-state index contributed by atoms with van der Waals surface area (Å²) in [5, 5.41) is 0. The standard InChI is InChI=1S/C18H29NO4/c1-13(2)12-19(9-10-21-5)18(20)15-7-8-16(23-14(3)4)17(11-15)22-6/h7-8,11,13-14H,9-10,12H2,1-6H3. The molecule has 0 aliphatic carbocycles. The molecule has 0 saturated carbocycles. The van der Waals surface area contributed by atoms with Crippen LogP contribution in [0.2, 0.25) is 0 Å². The third kappa shape index (κ3) is 6.10. The second kappa shape index (κ2) is 9.40. The van der Waals surface area contributed by atoms with Gasteiger partial charge in [-0.15, -0.1) is 0 Å². The van der Waals surface area contributed by atoms with Crippen LogP contribution < -0.4 is 9.47 Å². The number of hydrogen-bond acceptors (Lipinski definition) is 4. The summed E-state index contributed by atoms with van der Waals surface area (Å²) in [6, 6.07) is 5.30. The molecule has 5 heteroatoms. The van der Waals surface area contributed by atoms with Crippen LogP contribution in [0.4, 0.5) is 0 Å². The van der Waals surface area contributed by atoms with E-state index in [0.717, 1.165) is 0 Å². The van der Waals surface area contributed by atoms with Crippen LogP contribution in [0.25, 0.3) is 0 Å². The van der Waals surface area contributed by atoms with Gasteiger partial charge in [0.25, 0.3) is 5.91 Å². The Morgan fingerprint density at radius 2 is 1.83 bits per heavy atom. The average molecular weight is 323 g/mol. The molecule has 23 heavy (non-hydrogen) atoms. The largest absolute Gasteiger partial charge is 0.493 e. The van der Waals surface area contributed by atoms with Gasteiger partial charge in [-0.25, -0.2) is 0 Å². The number of ether oxygens (including phenoxy) is 3. The van der Waals surface area contributed by atoms with Gasteiger partial charge in [0, 0.05) is 25.8 Å². The molecule has 0 radical (unpaired) electrons. The van der Waals surface area contributed by atoms with E-state index in [1.54, 1.807) is 32.4 Å². The van der Waals surface area contributed by atoms with Crippen LogP contribution in [0.5, 0.6) is 11.5 Å². The molecule has 0 aliphatic rings. The summed E-state index contributed by atoms with van der Waals surface area (Å²) in [6.07, 6.45) is 0.0459. The summed E-state index contributed by atoms with van der Waals surface area (Å²) in [5.41, 5.74) is 0.592. The number of carbonyl (C=O) groups excluding carboxylic acids is 1. The van der Waals surface area contributed by atoms with Crippen molar-refractivity contribution < 1.29 is 19.0 Å². The Morgan fingerprint density at radius 1 is 1.13 bits per heavy atom. The van der Waals surface area contributed by atoms with Crippen molar-refractivity contribution in [1.29, 1.82) is 0 Å². The highest BCUT2D eigenvalue weighted by molar-refractivity contribution is 5.95. The second-order valence-corrected chi connectivity index (χ2v) is 6.17. The predicted octanol–water partition coefficient (Wildman–Crippen LogP) is 3.23. The first-order chi connectivity index (χ1) is 10.9. The van der Waals surface area contributed by atoms with Crippen molar-refractivity contribution in [3.63, 3.8) is 0 Å². The fraction of sp³-hybridized carbons (Fsp3) is 0.611. The molecule has 130 valence electrons. The van der Waals surface area contributed by atoms with E-state index in [4.69, 9.17) is 14.2 Å². The van der Waals surface area contributed by atoms with Crippen LogP contribution in [-0.4, -0.2) is 50.8 Å². The van der Waals surface area contributed by atoms with Crippen molar-refractivity contribution in [2.45, 2.75) is 33.8 Å². The number of rotatable bonds is 9. The van der Waals surface area contributed by atoms with E-state index in [2.05, 4.69) is 13.8 Å². The number of hydrogen-bond donors (Lipinski definition) is 0. The zero-order valence-electron chi connectivity index (χ0n) is 15.1. The van der Waals surface area contributed by atoms with E-state index in [-0.39, 0.29) is 12.0 Å². The summed E-state index contributed by atoms with van der Waals surface area (Å²) in [7, 11) is 3.21. The van der Waals surface area contributed by atoms with Gasteiger partial charge in [-0.2, -0.15) is 0 Å². The summed E-state index contributed by atoms with van der Waals surface area (Å²) >= 11 is 0. The summed E-state index contributed by atoms with van der Waals surface area (Å²) in [5.74, 6) is 1.58. The number of benzene rings is 1. The van der Waals surface area contributed by atoms with E-state index < -0.39 is 0 Å². The van der Waals surface area contributed by atoms with Crippen molar-refractivity contribution in [3.05, 3.63) is 23.8 Å². The number of methoxy groups -OCH3 is 2. The van der Waals surface area contributed by atoms with Gasteiger partial charge >= 0.3 is 0 Å². The number of carbonyl (C=O) groups is 1. The van der Waals surface area contributed by atoms with E-state index in [1.807, 2.05) is 18.7 Å². The molecular formula is C18H29NO4. The molecular weight excluding hydrogens is 294 g/mol. The highest BCUT2D eigenvalue weighted by Gasteiger charge is 2.19. The third-order valence-electron chi connectivity index (χ3n) is 3.21. The lowest BCUT2D eigenvalue weighted by Gasteiger charge is -2.25. The van der Waals surface area contributed by atoms with Crippen LogP contribution in [0.1, 0.15) is 38.1 Å². The van der Waals surface area contributed by atoms with E-state index >= 15 is 0 Å². The summed E-state index contributed by atoms with van der Waals surface area (Å²) in [6.45, 7) is 9.86. The molecule has 0 spiro atoms. The quantitative estimate of drug-likeness (QED) is 0.700. The molecule has 1 amide bonds. The Bertz CT molecular complexity index is 500. The van der Waals surface area contributed by atoms with Crippen LogP contribution in [0.3, 0.4) is 0 Å². The molecule has 1 aromatic rings. The Labute approximate surface area is 139 Å². The van der Waals surface area contributed by atoms with Gasteiger partial charge in [0.2, 0.25) is 0 Å². The molecule has 0 bridgehead atoms. The SMILES string of the molecule is COCCN(CC(C)C)C(=O)c1ccc(OC(C)C)c(OC)c1. The lowest BCUT2D eigenvalue weighted by Crippen LogP contribution is -2.36. The Kier molecular flexibility index (Phi) is 7.89. The van der Waals surface area contributed by atoms with Crippen molar-refractivity contribution in [1.82, 2.24) is 4.90 Å². The monoisotopic (exact) mass is 323 g/mol. The van der Waals surface area contributed by atoms with E-state index in [9.17, 15) is 4.79 Å². The minimum absolute atomic E-state index is 0.0230. The Balaban J connectivity index is 2.99. The number of amides is 1. The second-order valence-electron chi connectivity index (χ2n) is 6.17. The Hall–Kier alpha value is -1.75. The molecule has 1 rings (SSSR count). The van der Waals surface area contributed by atoms with E-state index in [0.29, 0.717) is 42.7 Å². The van der Waals surface area contributed by atoms with Gasteiger partial charge in [0.15, 0.2) is 11.5 Å². The molecule has 0 aromatic heterocycles. The molecule has 0 heterocycles. The van der Waals surface area contributed by atoms with Crippen LogP contribution >= 0.6 is 0 Å². The van der Waals surface area contributed by atoms with Gasteiger partial charge in [-0.3, -0.25) is 4.79 Å². The zero-order valence-corrected chi connectivity index (χ0v) is 15.1. The maximum Gasteiger partial charge on any atom is 0.254 e. The minimum atomic E-state index is -0.0230. The highest BCUT2D eigenvalue weighted by Crippen LogP contribution is 2.29. The molecule has 0 saturated heterocycles. The maximum absolute atomic E-state index is 12.8. The van der Waals surface area contributed by atoms with Gasteiger partial charge in [-0.1, -0.05) is 13.8 Å². The fourth-order valence-corrected chi connectivity index (χ4v) is 2.25. The smallest absolute Gasteiger partial charge is 0.254 e. The van der Waals surface area contributed by atoms with Gasteiger partial charge in [0.1, 0.15) is 0 Å². The Morgan fingerprint density at radius 3 is 2.35 bits per heavy atom. The van der Waals surface area contributed by atoms with Crippen molar-refractivity contribution >= 4 is 5.91 Å². The normalized spacial score (nSPS) is 11.0. The molecule has 0 aliphatic heterocycles. The highest BCUT2D eigenvalue weighted by atomic mass is 16.5. The first kappa shape index (κ1) is 19.3. The van der Waals surface area contributed by atoms with Crippen LogP contribution in [-0.2, 0) is 4.74 Å². The van der Waals surface area contributed by atoms with E-state index in [1.165, 1.54) is 0 Å². The maximum atomic E-state index is 12.8. The van der Waals surface area contributed by atoms with Crippen molar-refractivity contribution in [3.8, 4) is 11.5 Å². The fourth-order valence-electron chi connectivity index (χ4n) is 2.25. The molecule has 0 atom stereocenters. The number of nitrogens with zero attached hydrogens (tertiary/aromatic N) is 1. The molecule has 0 fully saturated rings. The van der Waals surface area contributed by atoms with Crippen molar-refractivity contribution in [2.75, 3.05) is 33.9 Å². The first-order valence-corrected chi connectivity index (χ1v) is 8.01. The molecule has 5 nitrogen and oxygen atoms in total. The summed E-state index contributed by atoms with van der Waals surface area (Å²) < 4.78 is 16.2. The predicted molar refractivity (Wildman–Crippen MR) is 91.4 cm³/mol. The third-order valence-corrected chi connectivity index (χ3v) is 3.21. The summed E-state index contributed by atoms with van der Waals surface area (Å²) in [4.78, 5) is 14.6. The average Bonchev–Trinajstić information content (AvgIpc) is 2.50. The topological polar surface area (TPSA) is 48.0 Å². The molecule has 0 N–H and O–H groups in total. The minimum Gasteiger partial charge on any atom is -0.493 e.